The first-order valence-corrected chi connectivity index (χ1v) is 21.1. The zero-order valence-electron chi connectivity index (χ0n) is 30.0. The Morgan fingerprint density at radius 1 is 0.281 bits per heavy atom. The molecule has 0 aliphatic heterocycles. The van der Waals surface area contributed by atoms with Crippen molar-refractivity contribution in [2.75, 3.05) is 0 Å². The van der Waals surface area contributed by atoms with Gasteiger partial charge in [0, 0.05) is 78.2 Å². The van der Waals surface area contributed by atoms with E-state index in [1.165, 1.54) is 45.0 Å². The van der Waals surface area contributed by atoms with Crippen molar-refractivity contribution in [2.24, 2.45) is 0 Å². The van der Waals surface area contributed by atoms with Crippen molar-refractivity contribution in [2.45, 2.75) is 0 Å². The monoisotopic (exact) mass is 781 g/mol. The first-order chi connectivity index (χ1) is 28.2. The molecule has 0 radical (unpaired) electrons. The van der Waals surface area contributed by atoms with E-state index in [9.17, 15) is 0 Å². The average Bonchev–Trinajstić information content (AvgIpc) is 3.97. The predicted molar refractivity (Wildman–Crippen MR) is 241 cm³/mol. The van der Waals surface area contributed by atoms with Crippen LogP contribution in [0.3, 0.4) is 0 Å². The van der Waals surface area contributed by atoms with E-state index in [1.807, 2.05) is 24.3 Å². The van der Waals surface area contributed by atoms with Crippen LogP contribution in [-0.4, -0.2) is 24.9 Å². The van der Waals surface area contributed by atoms with Crippen LogP contribution in [0.15, 0.2) is 164 Å². The van der Waals surface area contributed by atoms with Gasteiger partial charge in [0.15, 0.2) is 23.3 Å². The van der Waals surface area contributed by atoms with Crippen LogP contribution in [-0.2, 0) is 0 Å². The summed E-state index contributed by atoms with van der Waals surface area (Å²) in [4.78, 5) is 25.7. The number of hydrogen-bond donors (Lipinski definition) is 0. The Morgan fingerprint density at radius 2 is 0.754 bits per heavy atom. The Kier molecular flexibility index (Phi) is 7.38. The van der Waals surface area contributed by atoms with E-state index < -0.39 is 0 Å². The third-order valence-corrected chi connectivity index (χ3v) is 14.0. The number of fused-ring (bicyclic) bond motifs is 9. The summed E-state index contributed by atoms with van der Waals surface area (Å²) in [6.45, 7) is 0. The van der Waals surface area contributed by atoms with Crippen molar-refractivity contribution >= 4 is 94.7 Å². The molecule has 12 rings (SSSR count). The lowest BCUT2D eigenvalue weighted by Crippen LogP contribution is -2.00. The third kappa shape index (κ3) is 5.44. The van der Waals surface area contributed by atoms with Gasteiger partial charge in [0.2, 0.25) is 0 Å². The Balaban J connectivity index is 0.984. The molecule has 0 N–H and O–H groups in total. The van der Waals surface area contributed by atoms with Gasteiger partial charge in [-0.05, 0) is 42.5 Å². The van der Waals surface area contributed by atoms with E-state index in [0.717, 1.165) is 54.9 Å². The minimum absolute atomic E-state index is 0.645. The van der Waals surface area contributed by atoms with Gasteiger partial charge in [-0.25, -0.2) is 24.9 Å². The summed E-state index contributed by atoms with van der Waals surface area (Å²) in [7, 11) is 0. The van der Waals surface area contributed by atoms with Crippen LogP contribution >= 0.6 is 34.0 Å². The molecule has 8 heteroatoms. The fraction of sp³-hybridized carbons (Fsp3) is 0. The smallest absolute Gasteiger partial charge is 0.164 e. The van der Waals surface area contributed by atoms with Crippen molar-refractivity contribution < 1.29 is 0 Å². The molecule has 5 nitrogen and oxygen atoms in total. The first-order valence-electron chi connectivity index (χ1n) is 18.7. The van der Waals surface area contributed by atoms with Gasteiger partial charge in [-0.2, -0.15) is 0 Å². The Morgan fingerprint density at radius 3 is 1.44 bits per heavy atom. The van der Waals surface area contributed by atoms with Crippen molar-refractivity contribution in [3.63, 3.8) is 0 Å². The summed E-state index contributed by atoms with van der Waals surface area (Å²) >= 11 is 5.33. The molecule has 0 aliphatic rings. The number of aromatic nitrogens is 5. The molecule has 0 amide bonds. The molecular weight excluding hydrogens is 755 g/mol. The summed E-state index contributed by atoms with van der Waals surface area (Å²) in [5.41, 5.74) is 6.91. The van der Waals surface area contributed by atoms with Crippen LogP contribution in [0.5, 0.6) is 0 Å². The van der Waals surface area contributed by atoms with Gasteiger partial charge in [-0.1, -0.05) is 121 Å². The van der Waals surface area contributed by atoms with Gasteiger partial charge in [-0.15, -0.1) is 34.0 Å². The molecule has 12 aromatic rings. The zero-order chi connectivity index (χ0) is 37.5. The minimum Gasteiger partial charge on any atom is -0.226 e. The second kappa shape index (κ2) is 12.9. The van der Waals surface area contributed by atoms with Crippen molar-refractivity contribution in [1.29, 1.82) is 0 Å². The number of thiophene rings is 3. The van der Waals surface area contributed by atoms with E-state index in [2.05, 4.69) is 140 Å². The van der Waals surface area contributed by atoms with Crippen molar-refractivity contribution in [3.8, 4) is 56.8 Å². The van der Waals surface area contributed by atoms with E-state index >= 15 is 0 Å². The van der Waals surface area contributed by atoms with Gasteiger partial charge in [0.25, 0.3) is 0 Å². The summed E-state index contributed by atoms with van der Waals surface area (Å²) in [5, 5.41) is 6.03. The largest absolute Gasteiger partial charge is 0.226 e. The van der Waals surface area contributed by atoms with Crippen LogP contribution < -0.4 is 0 Å². The van der Waals surface area contributed by atoms with E-state index in [-0.39, 0.29) is 0 Å². The highest BCUT2D eigenvalue weighted by molar-refractivity contribution is 7.26. The molecule has 0 unspecified atom stereocenters. The lowest BCUT2D eigenvalue weighted by Gasteiger charge is -2.09. The fourth-order valence-electron chi connectivity index (χ4n) is 7.78. The maximum Gasteiger partial charge on any atom is 0.164 e. The molecule has 5 aromatic heterocycles. The number of hydrogen-bond acceptors (Lipinski definition) is 8. The number of rotatable bonds is 5. The summed E-state index contributed by atoms with van der Waals surface area (Å²) in [5.74, 6) is 2.68. The van der Waals surface area contributed by atoms with Crippen molar-refractivity contribution in [3.05, 3.63) is 164 Å². The Labute approximate surface area is 338 Å². The maximum absolute atomic E-state index is 5.23. The molecule has 0 aliphatic carbocycles. The van der Waals surface area contributed by atoms with Gasteiger partial charge in [0.05, 0.1) is 15.9 Å². The zero-order valence-corrected chi connectivity index (χ0v) is 32.5. The van der Waals surface area contributed by atoms with Crippen LogP contribution in [0.1, 0.15) is 0 Å². The summed E-state index contributed by atoms with van der Waals surface area (Å²) in [6.07, 6.45) is 0. The molecule has 0 spiro atoms. The highest BCUT2D eigenvalue weighted by atomic mass is 32.1. The molecule has 0 saturated carbocycles. The summed E-state index contributed by atoms with van der Waals surface area (Å²) < 4.78 is 7.19. The highest BCUT2D eigenvalue weighted by Crippen LogP contribution is 2.42. The molecule has 0 fully saturated rings. The summed E-state index contributed by atoms with van der Waals surface area (Å²) in [6, 6.07) is 57.4. The highest BCUT2D eigenvalue weighted by Gasteiger charge is 2.19. The second-order valence-electron chi connectivity index (χ2n) is 14.0. The molecule has 0 bridgehead atoms. The van der Waals surface area contributed by atoms with Crippen LogP contribution in [0.4, 0.5) is 0 Å². The Bertz CT molecular complexity index is 3530. The molecule has 5 heterocycles. The number of benzene rings is 7. The van der Waals surface area contributed by atoms with Gasteiger partial charge >= 0.3 is 0 Å². The van der Waals surface area contributed by atoms with E-state index in [4.69, 9.17) is 24.9 Å². The maximum atomic E-state index is 5.23. The third-order valence-electron chi connectivity index (χ3n) is 10.6. The molecule has 57 heavy (non-hydrogen) atoms. The van der Waals surface area contributed by atoms with Gasteiger partial charge in [0.1, 0.15) is 0 Å². The quantitative estimate of drug-likeness (QED) is 0.174. The van der Waals surface area contributed by atoms with Gasteiger partial charge < -0.3 is 0 Å². The average molecular weight is 782 g/mol. The number of nitrogens with zero attached hydrogens (tertiary/aromatic N) is 5. The van der Waals surface area contributed by atoms with Crippen LogP contribution in [0, 0.1) is 0 Å². The molecular formula is C49H27N5S3. The fourth-order valence-corrected chi connectivity index (χ4v) is 11.2. The van der Waals surface area contributed by atoms with Crippen LogP contribution in [0.25, 0.3) is 117 Å². The molecule has 7 aromatic carbocycles. The normalized spacial score (nSPS) is 11.9. The van der Waals surface area contributed by atoms with E-state index in [0.29, 0.717) is 17.5 Å². The molecule has 0 saturated heterocycles. The molecule has 266 valence electrons. The second-order valence-corrected chi connectivity index (χ2v) is 17.3. The molecule has 0 atom stereocenters. The van der Waals surface area contributed by atoms with Crippen molar-refractivity contribution in [1.82, 2.24) is 24.9 Å². The standard InChI is InChI=1S/C49H27N5S3/c1-3-11-28(12-4-1)43-45-44(36-16-8-10-18-39(36)57-45)51-47(50-43)31-20-23-35-37-25-30(21-24-40(37)56-42(35)26-31)48-52-46(29-13-5-2-6-14-29)53-49(54-48)32-19-22-34-33-15-7-9-17-38(33)55-41(34)27-32/h1-27H. The Hall–Kier alpha value is -6.71. The lowest BCUT2D eigenvalue weighted by molar-refractivity contribution is 1.08. The topological polar surface area (TPSA) is 64.5 Å². The minimum atomic E-state index is 0.645. The first kappa shape index (κ1) is 32.5. The SMILES string of the molecule is c1ccc(-c2nc(-c3ccc4c(c3)sc3ccccc34)nc(-c3ccc4sc5cc(-c6nc(-c7ccccc7)c7sc8ccccc8c7n6)ccc5c4c3)n2)cc1. The lowest BCUT2D eigenvalue weighted by atomic mass is 10.1. The van der Waals surface area contributed by atoms with Gasteiger partial charge in [-0.3, -0.25) is 0 Å². The van der Waals surface area contributed by atoms with E-state index in [1.54, 1.807) is 34.0 Å². The van der Waals surface area contributed by atoms with Crippen LogP contribution in [0.2, 0.25) is 0 Å². The predicted octanol–water partition coefficient (Wildman–Crippen LogP) is 14.1.